The fourth-order valence-corrected chi connectivity index (χ4v) is 3.35. The van der Waals surface area contributed by atoms with E-state index in [1.165, 1.54) is 0 Å². The zero-order chi connectivity index (χ0) is 20.1. The highest BCUT2D eigenvalue weighted by atomic mass is 16.5. The lowest BCUT2D eigenvalue weighted by molar-refractivity contribution is 0.0909. The minimum Gasteiger partial charge on any atom is -0.496 e. The zero-order valence-electron chi connectivity index (χ0n) is 16.7. The first-order valence-electron chi connectivity index (χ1n) is 9.13. The van der Waals surface area contributed by atoms with Gasteiger partial charge in [0.15, 0.2) is 5.76 Å². The number of nitrogens with zero attached hydrogens (tertiary/aromatic N) is 1. The smallest absolute Gasteiger partial charge is 0.287 e. The van der Waals surface area contributed by atoms with E-state index in [2.05, 4.69) is 5.32 Å². The van der Waals surface area contributed by atoms with Gasteiger partial charge in [-0.25, -0.2) is 0 Å². The molecule has 3 rings (SSSR count). The Morgan fingerprint density at radius 2 is 1.82 bits per heavy atom. The highest BCUT2D eigenvalue weighted by Gasteiger charge is 2.23. The number of nitrogens with one attached hydrogen (secondary N) is 1. The molecule has 0 saturated carbocycles. The van der Waals surface area contributed by atoms with Crippen molar-refractivity contribution in [2.75, 3.05) is 34.9 Å². The van der Waals surface area contributed by atoms with Crippen molar-refractivity contribution in [1.29, 1.82) is 0 Å². The number of hydrogen-bond acceptors (Lipinski definition) is 5. The number of benzene rings is 2. The third kappa shape index (κ3) is 4.03. The molecule has 0 fully saturated rings. The predicted molar refractivity (Wildman–Crippen MR) is 109 cm³/mol. The topological polar surface area (TPSA) is 63.9 Å². The summed E-state index contributed by atoms with van der Waals surface area (Å²) in [6.45, 7) is 0.721. The molecule has 1 atom stereocenters. The average molecular weight is 382 g/mol. The molecule has 1 heterocycles. The molecule has 0 bridgehead atoms. The van der Waals surface area contributed by atoms with E-state index in [9.17, 15) is 4.79 Å². The lowest BCUT2D eigenvalue weighted by Gasteiger charge is -2.26. The highest BCUT2D eigenvalue weighted by Crippen LogP contribution is 2.29. The number of carbonyl (C=O) groups is 1. The molecule has 0 aliphatic rings. The molecule has 0 radical (unpaired) electrons. The molecule has 0 unspecified atom stereocenters. The summed E-state index contributed by atoms with van der Waals surface area (Å²) >= 11 is 0. The normalized spacial score (nSPS) is 12.3. The Hall–Kier alpha value is -2.83. The maximum absolute atomic E-state index is 12.9. The van der Waals surface area contributed by atoms with Crippen LogP contribution in [0.2, 0.25) is 0 Å². The summed E-state index contributed by atoms with van der Waals surface area (Å²) in [6.07, 6.45) is 0. The fourth-order valence-electron chi connectivity index (χ4n) is 3.35. The first-order chi connectivity index (χ1) is 13.6. The van der Waals surface area contributed by atoms with E-state index in [0.29, 0.717) is 24.5 Å². The maximum atomic E-state index is 12.9. The third-order valence-corrected chi connectivity index (χ3v) is 4.77. The van der Waals surface area contributed by atoms with Crippen LogP contribution in [0.5, 0.6) is 5.75 Å². The molecular formula is C22H26N2O4. The highest BCUT2D eigenvalue weighted by molar-refractivity contribution is 5.99. The molecule has 3 aromatic rings. The summed E-state index contributed by atoms with van der Waals surface area (Å²) in [5.74, 6) is 0.824. The number of ether oxygens (including phenoxy) is 2. The van der Waals surface area contributed by atoms with Crippen molar-refractivity contribution in [2.24, 2.45) is 0 Å². The molecule has 1 N–H and O–H groups in total. The second-order valence-corrected chi connectivity index (χ2v) is 6.77. The van der Waals surface area contributed by atoms with Crippen LogP contribution in [0.4, 0.5) is 0 Å². The summed E-state index contributed by atoms with van der Waals surface area (Å²) < 4.78 is 16.6. The Balaban J connectivity index is 1.84. The van der Waals surface area contributed by atoms with Gasteiger partial charge in [0.2, 0.25) is 0 Å². The van der Waals surface area contributed by atoms with Crippen molar-refractivity contribution >= 4 is 16.9 Å². The van der Waals surface area contributed by atoms with Crippen LogP contribution in [0.25, 0.3) is 11.0 Å². The van der Waals surface area contributed by atoms with E-state index in [-0.39, 0.29) is 11.9 Å². The molecule has 1 amide bonds. The lowest BCUT2D eigenvalue weighted by atomic mass is 10.0. The molecule has 148 valence electrons. The number of likely N-dealkylation sites (N-methyl/N-ethyl adjacent to an activating group) is 1. The van der Waals surface area contributed by atoms with E-state index in [0.717, 1.165) is 22.3 Å². The van der Waals surface area contributed by atoms with Crippen molar-refractivity contribution in [3.63, 3.8) is 0 Å². The minimum absolute atomic E-state index is 0.0460. The molecule has 6 heteroatoms. The number of rotatable bonds is 8. The number of furan rings is 1. The van der Waals surface area contributed by atoms with Gasteiger partial charge in [-0.2, -0.15) is 0 Å². The lowest BCUT2D eigenvalue weighted by Crippen LogP contribution is -2.35. The number of carbonyl (C=O) groups excluding carboxylic acids is 1. The molecule has 0 aliphatic heterocycles. The summed E-state index contributed by atoms with van der Waals surface area (Å²) in [7, 11) is 7.20. The minimum atomic E-state index is -0.259. The SMILES string of the molecule is COCc1c(C(=O)NC[C@@H](c2ccccc2OC)N(C)C)oc2ccccc12. The van der Waals surface area contributed by atoms with Gasteiger partial charge in [-0.3, -0.25) is 4.79 Å². The van der Waals surface area contributed by atoms with Gasteiger partial charge in [-0.05, 0) is 26.2 Å². The van der Waals surface area contributed by atoms with Gasteiger partial charge in [-0.1, -0.05) is 36.4 Å². The van der Waals surface area contributed by atoms with Crippen LogP contribution in [0.15, 0.2) is 52.9 Å². The van der Waals surface area contributed by atoms with Gasteiger partial charge in [0.25, 0.3) is 5.91 Å². The van der Waals surface area contributed by atoms with Crippen molar-refractivity contribution < 1.29 is 18.7 Å². The predicted octanol–water partition coefficient (Wildman–Crippen LogP) is 3.62. The fraction of sp³-hybridized carbons (Fsp3) is 0.318. The van der Waals surface area contributed by atoms with Crippen molar-refractivity contribution in [3.05, 3.63) is 65.4 Å². The Kier molecular flexibility index (Phi) is 6.34. The Bertz CT molecular complexity index is 949. The second kappa shape index (κ2) is 8.91. The number of fused-ring (bicyclic) bond motifs is 1. The van der Waals surface area contributed by atoms with E-state index in [4.69, 9.17) is 13.9 Å². The van der Waals surface area contributed by atoms with Crippen LogP contribution in [0.3, 0.4) is 0 Å². The Morgan fingerprint density at radius 3 is 2.54 bits per heavy atom. The van der Waals surface area contributed by atoms with Crippen LogP contribution in [-0.4, -0.2) is 45.7 Å². The molecule has 0 saturated heterocycles. The summed E-state index contributed by atoms with van der Waals surface area (Å²) in [5, 5.41) is 3.90. The quantitative estimate of drug-likeness (QED) is 0.645. The van der Waals surface area contributed by atoms with Crippen LogP contribution in [0, 0.1) is 0 Å². The summed E-state index contributed by atoms with van der Waals surface area (Å²) in [4.78, 5) is 15.0. The van der Waals surface area contributed by atoms with E-state index in [1.807, 2.05) is 67.5 Å². The molecule has 0 spiro atoms. The van der Waals surface area contributed by atoms with E-state index in [1.54, 1.807) is 14.2 Å². The molecule has 1 aromatic heterocycles. The number of hydrogen-bond donors (Lipinski definition) is 1. The van der Waals surface area contributed by atoms with Gasteiger partial charge in [0, 0.05) is 30.2 Å². The monoisotopic (exact) mass is 382 g/mol. The first-order valence-corrected chi connectivity index (χ1v) is 9.13. The van der Waals surface area contributed by atoms with Gasteiger partial charge < -0.3 is 24.1 Å². The average Bonchev–Trinajstić information content (AvgIpc) is 3.07. The van der Waals surface area contributed by atoms with Crippen LogP contribution >= 0.6 is 0 Å². The second-order valence-electron chi connectivity index (χ2n) is 6.77. The van der Waals surface area contributed by atoms with Crippen LogP contribution in [0.1, 0.15) is 27.7 Å². The number of amides is 1. The first kappa shape index (κ1) is 19.9. The number of para-hydroxylation sites is 2. The van der Waals surface area contributed by atoms with Crippen molar-refractivity contribution in [2.45, 2.75) is 12.6 Å². The van der Waals surface area contributed by atoms with E-state index < -0.39 is 0 Å². The molecular weight excluding hydrogens is 356 g/mol. The van der Waals surface area contributed by atoms with Gasteiger partial charge in [0.1, 0.15) is 11.3 Å². The standard InChI is InChI=1S/C22H26N2O4/c1-24(2)18(16-10-6-7-11-19(16)27-4)13-23-22(25)21-17(14-26-3)15-9-5-8-12-20(15)28-21/h5-12,18H,13-14H2,1-4H3,(H,23,25)/t18-/m0/s1. The Morgan fingerprint density at radius 1 is 1.11 bits per heavy atom. The van der Waals surface area contributed by atoms with Crippen molar-refractivity contribution in [3.8, 4) is 5.75 Å². The summed E-state index contributed by atoms with van der Waals surface area (Å²) in [5.41, 5.74) is 2.44. The molecule has 6 nitrogen and oxygen atoms in total. The third-order valence-electron chi connectivity index (χ3n) is 4.77. The van der Waals surface area contributed by atoms with Gasteiger partial charge in [0.05, 0.1) is 19.8 Å². The van der Waals surface area contributed by atoms with Crippen LogP contribution in [-0.2, 0) is 11.3 Å². The molecule has 28 heavy (non-hydrogen) atoms. The molecule has 0 aliphatic carbocycles. The largest absolute Gasteiger partial charge is 0.496 e. The maximum Gasteiger partial charge on any atom is 0.287 e. The number of methoxy groups -OCH3 is 2. The Labute approximate surface area is 165 Å². The van der Waals surface area contributed by atoms with Crippen molar-refractivity contribution in [1.82, 2.24) is 10.2 Å². The van der Waals surface area contributed by atoms with Gasteiger partial charge in [-0.15, -0.1) is 0 Å². The van der Waals surface area contributed by atoms with Crippen LogP contribution < -0.4 is 10.1 Å². The molecule has 2 aromatic carbocycles. The zero-order valence-corrected chi connectivity index (χ0v) is 16.7. The summed E-state index contributed by atoms with van der Waals surface area (Å²) in [6, 6.07) is 15.4. The van der Waals surface area contributed by atoms with E-state index >= 15 is 0 Å². The van der Waals surface area contributed by atoms with Gasteiger partial charge >= 0.3 is 0 Å².